The molecular formula is C21H24N4O3. The number of nitrogens with one attached hydrogen (secondary N) is 1. The van der Waals surface area contributed by atoms with Crippen LogP contribution in [0.25, 0.3) is 0 Å². The number of fused-ring (bicyclic) bond motifs is 1. The zero-order chi connectivity index (χ0) is 19.5. The number of anilines is 2. The van der Waals surface area contributed by atoms with Crippen molar-refractivity contribution in [3.63, 3.8) is 0 Å². The van der Waals surface area contributed by atoms with Gasteiger partial charge in [-0.3, -0.25) is 19.5 Å². The number of aromatic nitrogens is 1. The molecule has 2 aromatic rings. The van der Waals surface area contributed by atoms with E-state index < -0.39 is 5.92 Å². The van der Waals surface area contributed by atoms with Crippen molar-refractivity contribution < 1.29 is 14.3 Å². The lowest BCUT2D eigenvalue weighted by molar-refractivity contribution is -0.119. The van der Waals surface area contributed by atoms with Gasteiger partial charge in [-0.05, 0) is 31.2 Å². The lowest BCUT2D eigenvalue weighted by atomic mass is 9.90. The van der Waals surface area contributed by atoms with Crippen molar-refractivity contribution in [2.24, 2.45) is 5.92 Å². The van der Waals surface area contributed by atoms with Crippen molar-refractivity contribution in [2.75, 3.05) is 50.1 Å². The fraction of sp³-hybridized carbons (Fsp3) is 0.381. The van der Waals surface area contributed by atoms with Crippen LogP contribution in [0.3, 0.4) is 0 Å². The number of amides is 1. The van der Waals surface area contributed by atoms with Gasteiger partial charge in [-0.15, -0.1) is 0 Å². The second kappa shape index (κ2) is 7.98. The van der Waals surface area contributed by atoms with Crippen molar-refractivity contribution in [1.29, 1.82) is 0 Å². The first kappa shape index (κ1) is 18.4. The number of nitrogens with zero attached hydrogens (tertiary/aromatic N) is 3. The summed E-state index contributed by atoms with van der Waals surface area (Å²) < 4.78 is 5.46. The van der Waals surface area contributed by atoms with Crippen molar-refractivity contribution in [2.45, 2.75) is 6.42 Å². The molecule has 1 aromatic heterocycles. The maximum Gasteiger partial charge on any atom is 0.235 e. The Labute approximate surface area is 164 Å². The van der Waals surface area contributed by atoms with Gasteiger partial charge in [0.2, 0.25) is 5.91 Å². The van der Waals surface area contributed by atoms with Crippen molar-refractivity contribution in [1.82, 2.24) is 9.88 Å². The van der Waals surface area contributed by atoms with Crippen molar-refractivity contribution in [3.8, 4) is 5.75 Å². The number of ketones is 1. The Morgan fingerprint density at radius 3 is 2.71 bits per heavy atom. The molecule has 0 bridgehead atoms. The molecule has 28 heavy (non-hydrogen) atoms. The van der Waals surface area contributed by atoms with E-state index in [-0.39, 0.29) is 11.7 Å². The van der Waals surface area contributed by atoms with Crippen LogP contribution in [0, 0.1) is 5.92 Å². The highest BCUT2D eigenvalue weighted by Gasteiger charge is 2.34. The van der Waals surface area contributed by atoms with Crippen LogP contribution in [0.15, 0.2) is 42.7 Å². The maximum atomic E-state index is 12.7. The Balaban J connectivity index is 1.33. The number of Topliss-reactive ketones (excluding diaryl/α,β-unsaturated/α-hetero) is 1. The first-order valence-electron chi connectivity index (χ1n) is 9.57. The zero-order valence-electron chi connectivity index (χ0n) is 15.9. The zero-order valence-corrected chi connectivity index (χ0v) is 15.9. The number of piperazine rings is 1. The molecule has 2 aliphatic rings. The average Bonchev–Trinajstić information content (AvgIpc) is 2.74. The van der Waals surface area contributed by atoms with Crippen LogP contribution < -0.4 is 15.0 Å². The van der Waals surface area contributed by atoms with Gasteiger partial charge in [0.05, 0.1) is 24.0 Å². The molecule has 146 valence electrons. The van der Waals surface area contributed by atoms with Crippen LogP contribution in [0.4, 0.5) is 11.4 Å². The van der Waals surface area contributed by atoms with Crippen LogP contribution in [0.2, 0.25) is 0 Å². The predicted molar refractivity (Wildman–Crippen MR) is 107 cm³/mol. The van der Waals surface area contributed by atoms with E-state index in [1.807, 2.05) is 18.2 Å². The molecular weight excluding hydrogens is 356 g/mol. The number of pyridine rings is 1. The number of para-hydroxylation sites is 2. The Hall–Kier alpha value is -2.93. The molecule has 7 nitrogen and oxygen atoms in total. The number of hydrogen-bond donors (Lipinski definition) is 1. The van der Waals surface area contributed by atoms with Gasteiger partial charge in [-0.2, -0.15) is 0 Å². The third-order valence-corrected chi connectivity index (χ3v) is 5.51. The van der Waals surface area contributed by atoms with Gasteiger partial charge in [0.1, 0.15) is 11.7 Å². The Kier molecular flexibility index (Phi) is 5.25. The summed E-state index contributed by atoms with van der Waals surface area (Å²) in [7, 11) is 1.69. The third kappa shape index (κ3) is 3.57. The Bertz CT molecular complexity index is 877. The van der Waals surface area contributed by atoms with E-state index in [1.54, 1.807) is 19.4 Å². The van der Waals surface area contributed by atoms with Crippen molar-refractivity contribution >= 4 is 23.1 Å². The second-order valence-corrected chi connectivity index (χ2v) is 7.12. The highest BCUT2D eigenvalue weighted by molar-refractivity contribution is 6.20. The minimum Gasteiger partial charge on any atom is -0.495 e. The van der Waals surface area contributed by atoms with Gasteiger partial charge >= 0.3 is 0 Å². The standard InChI is InChI=1S/C21H24N4O3/c1-28-19-5-3-2-4-18(19)25-12-10-24(11-13-25)9-7-15-20(26)16-14-22-8-6-17(16)23-21(15)27/h2-6,8,14-15H,7,9-13H2,1H3,(H,23,27). The number of methoxy groups -OCH3 is 1. The number of benzene rings is 1. The van der Waals surface area contributed by atoms with E-state index in [1.165, 1.54) is 6.20 Å². The topological polar surface area (TPSA) is 74.8 Å². The summed E-state index contributed by atoms with van der Waals surface area (Å²) in [6.45, 7) is 4.27. The van der Waals surface area contributed by atoms with Gasteiger partial charge in [0.15, 0.2) is 5.78 Å². The fourth-order valence-electron chi connectivity index (χ4n) is 3.90. The van der Waals surface area contributed by atoms with E-state index in [0.29, 0.717) is 17.7 Å². The lowest BCUT2D eigenvalue weighted by Crippen LogP contribution is -2.47. The molecule has 0 radical (unpaired) electrons. The predicted octanol–water partition coefficient (Wildman–Crippen LogP) is 2.05. The van der Waals surface area contributed by atoms with Gasteiger partial charge < -0.3 is 15.0 Å². The highest BCUT2D eigenvalue weighted by atomic mass is 16.5. The Morgan fingerprint density at radius 2 is 1.93 bits per heavy atom. The molecule has 1 atom stereocenters. The van der Waals surface area contributed by atoms with E-state index in [0.717, 1.165) is 44.2 Å². The summed E-state index contributed by atoms with van der Waals surface area (Å²) >= 11 is 0. The molecule has 3 heterocycles. The van der Waals surface area contributed by atoms with Gasteiger partial charge in [-0.1, -0.05) is 12.1 Å². The molecule has 0 spiro atoms. The quantitative estimate of drug-likeness (QED) is 0.801. The van der Waals surface area contributed by atoms with Crippen molar-refractivity contribution in [3.05, 3.63) is 48.3 Å². The fourth-order valence-corrected chi connectivity index (χ4v) is 3.90. The first-order valence-corrected chi connectivity index (χ1v) is 9.57. The molecule has 1 saturated heterocycles. The summed E-state index contributed by atoms with van der Waals surface area (Å²) in [6, 6.07) is 9.70. The van der Waals surface area contributed by atoms with Crippen LogP contribution in [0.5, 0.6) is 5.75 Å². The molecule has 0 saturated carbocycles. The molecule has 1 amide bonds. The van der Waals surface area contributed by atoms with Crippen LogP contribution in [0.1, 0.15) is 16.8 Å². The summed E-state index contributed by atoms with van der Waals surface area (Å²) in [4.78, 5) is 33.7. The van der Waals surface area contributed by atoms with Crippen LogP contribution in [-0.4, -0.2) is 61.4 Å². The summed E-state index contributed by atoms with van der Waals surface area (Å²) in [6.07, 6.45) is 3.64. The molecule has 1 N–H and O–H groups in total. The number of ether oxygens (including phenoxy) is 1. The van der Waals surface area contributed by atoms with E-state index in [2.05, 4.69) is 26.2 Å². The largest absolute Gasteiger partial charge is 0.495 e. The highest BCUT2D eigenvalue weighted by Crippen LogP contribution is 2.29. The van der Waals surface area contributed by atoms with Gasteiger partial charge in [0, 0.05) is 38.6 Å². The van der Waals surface area contributed by atoms with E-state index in [9.17, 15) is 9.59 Å². The van der Waals surface area contributed by atoms with Crippen LogP contribution >= 0.6 is 0 Å². The number of carbonyl (C=O) groups is 2. The second-order valence-electron chi connectivity index (χ2n) is 7.12. The average molecular weight is 380 g/mol. The minimum absolute atomic E-state index is 0.125. The number of carbonyl (C=O) groups excluding carboxylic acids is 2. The minimum atomic E-state index is -0.635. The number of hydrogen-bond acceptors (Lipinski definition) is 6. The first-order chi connectivity index (χ1) is 13.7. The van der Waals surface area contributed by atoms with Gasteiger partial charge in [0.25, 0.3) is 0 Å². The molecule has 2 aliphatic heterocycles. The SMILES string of the molecule is COc1ccccc1N1CCN(CCC2C(=O)Nc3ccncc3C2=O)CC1. The van der Waals surface area contributed by atoms with E-state index in [4.69, 9.17) is 4.74 Å². The summed E-state index contributed by atoms with van der Waals surface area (Å²) in [5.41, 5.74) is 2.18. The normalized spacial score (nSPS) is 19.9. The molecule has 7 heteroatoms. The van der Waals surface area contributed by atoms with E-state index >= 15 is 0 Å². The maximum absolute atomic E-state index is 12.7. The molecule has 1 fully saturated rings. The molecule has 4 rings (SSSR count). The lowest BCUT2D eigenvalue weighted by Gasteiger charge is -2.37. The molecule has 0 aliphatic carbocycles. The summed E-state index contributed by atoms with van der Waals surface area (Å²) in [5, 5.41) is 2.83. The van der Waals surface area contributed by atoms with Crippen LogP contribution in [-0.2, 0) is 4.79 Å². The number of rotatable bonds is 5. The third-order valence-electron chi connectivity index (χ3n) is 5.51. The summed E-state index contributed by atoms with van der Waals surface area (Å²) in [5.74, 6) is -0.0903. The van der Waals surface area contributed by atoms with Gasteiger partial charge in [-0.25, -0.2) is 0 Å². The Morgan fingerprint density at radius 1 is 1.14 bits per heavy atom. The molecule has 1 aromatic carbocycles. The molecule has 1 unspecified atom stereocenters. The monoisotopic (exact) mass is 380 g/mol. The smallest absolute Gasteiger partial charge is 0.235 e.